The molecule has 20 heavy (non-hydrogen) atoms. The van der Waals surface area contributed by atoms with E-state index in [0.29, 0.717) is 12.1 Å². The van der Waals surface area contributed by atoms with Crippen LogP contribution >= 0.6 is 15.9 Å². The molecule has 0 aromatic heterocycles. The number of nitrogens with zero attached hydrogens (tertiary/aromatic N) is 1. The van der Waals surface area contributed by atoms with E-state index >= 15 is 0 Å². The fraction of sp³-hybridized carbons (Fsp3) is 0.188. The minimum absolute atomic E-state index is 0.411. The topological polar surface area (TPSA) is 56.0 Å². The van der Waals surface area contributed by atoms with Crippen LogP contribution < -0.4 is 5.32 Å². The van der Waals surface area contributed by atoms with Crippen LogP contribution in [0.3, 0.4) is 0 Å². The van der Waals surface area contributed by atoms with Crippen molar-refractivity contribution >= 4 is 21.6 Å². The third-order valence-electron chi connectivity index (χ3n) is 3.10. The van der Waals surface area contributed by atoms with Gasteiger partial charge in [-0.2, -0.15) is 5.26 Å². The summed E-state index contributed by atoms with van der Waals surface area (Å²) in [4.78, 5) is 0. The maximum absolute atomic E-state index is 10.1. The van der Waals surface area contributed by atoms with Crippen molar-refractivity contribution < 1.29 is 5.11 Å². The van der Waals surface area contributed by atoms with Gasteiger partial charge in [0.2, 0.25) is 0 Å². The summed E-state index contributed by atoms with van der Waals surface area (Å²) in [5.41, 5.74) is 3.48. The number of aliphatic hydroxyl groups excluding tert-OH is 1. The van der Waals surface area contributed by atoms with Crippen molar-refractivity contribution in [1.29, 1.82) is 5.26 Å². The molecule has 102 valence electrons. The minimum Gasteiger partial charge on any atom is -0.387 e. The van der Waals surface area contributed by atoms with Gasteiger partial charge < -0.3 is 10.4 Å². The molecule has 2 aromatic rings. The fourth-order valence-corrected chi connectivity index (χ4v) is 2.29. The molecule has 0 aliphatic carbocycles. The average molecular weight is 331 g/mol. The predicted molar refractivity (Wildman–Crippen MR) is 83.5 cm³/mol. The molecule has 0 amide bonds. The van der Waals surface area contributed by atoms with E-state index in [4.69, 9.17) is 5.26 Å². The van der Waals surface area contributed by atoms with Crippen LogP contribution in [-0.2, 0) is 0 Å². The fourth-order valence-electron chi connectivity index (χ4n) is 1.89. The van der Waals surface area contributed by atoms with Crippen molar-refractivity contribution in [3.63, 3.8) is 0 Å². The monoisotopic (exact) mass is 330 g/mol. The molecule has 0 heterocycles. The quantitative estimate of drug-likeness (QED) is 0.897. The lowest BCUT2D eigenvalue weighted by atomic mass is 10.1. The molecule has 2 aromatic carbocycles. The van der Waals surface area contributed by atoms with Gasteiger partial charge in [0, 0.05) is 16.7 Å². The number of aliphatic hydroxyl groups is 1. The highest BCUT2D eigenvalue weighted by Gasteiger charge is 2.09. The number of rotatable bonds is 4. The highest BCUT2D eigenvalue weighted by atomic mass is 79.9. The van der Waals surface area contributed by atoms with Gasteiger partial charge in [0.15, 0.2) is 0 Å². The number of nitrogens with one attached hydrogen (secondary N) is 1. The zero-order chi connectivity index (χ0) is 14.5. The summed E-state index contributed by atoms with van der Waals surface area (Å²) in [6, 6.07) is 15.0. The lowest BCUT2D eigenvalue weighted by molar-refractivity contribution is 0.191. The lowest BCUT2D eigenvalue weighted by Crippen LogP contribution is -2.12. The Balaban J connectivity index is 2.03. The highest BCUT2D eigenvalue weighted by molar-refractivity contribution is 9.10. The molecule has 4 heteroatoms. The van der Waals surface area contributed by atoms with Crippen LogP contribution in [0.1, 0.15) is 22.8 Å². The smallest absolute Gasteiger partial charge is 0.0991 e. The SMILES string of the molecule is Cc1cccc(NCC(O)c2ccc(C#N)cc2)c1Br. The first-order chi connectivity index (χ1) is 9.61. The average Bonchev–Trinajstić information content (AvgIpc) is 2.48. The van der Waals surface area contributed by atoms with Crippen LogP contribution in [-0.4, -0.2) is 11.7 Å². The maximum atomic E-state index is 10.1. The second-order valence-electron chi connectivity index (χ2n) is 4.57. The molecule has 2 rings (SSSR count). The third-order valence-corrected chi connectivity index (χ3v) is 4.15. The van der Waals surface area contributed by atoms with Crippen molar-refractivity contribution in [2.24, 2.45) is 0 Å². The Hall–Kier alpha value is -1.83. The summed E-state index contributed by atoms with van der Waals surface area (Å²) >= 11 is 3.53. The van der Waals surface area contributed by atoms with Crippen LogP contribution in [0.25, 0.3) is 0 Å². The number of halogens is 1. The molecular weight excluding hydrogens is 316 g/mol. The van der Waals surface area contributed by atoms with Crippen LogP contribution in [0.4, 0.5) is 5.69 Å². The number of benzene rings is 2. The minimum atomic E-state index is -0.616. The largest absolute Gasteiger partial charge is 0.387 e. The van der Waals surface area contributed by atoms with E-state index in [1.54, 1.807) is 24.3 Å². The molecular formula is C16H15BrN2O. The molecule has 0 aliphatic heterocycles. The third kappa shape index (κ3) is 3.38. The predicted octanol–water partition coefficient (Wildman–Crippen LogP) is 3.77. The van der Waals surface area contributed by atoms with E-state index in [1.165, 1.54) is 0 Å². The van der Waals surface area contributed by atoms with Gasteiger partial charge in [-0.15, -0.1) is 0 Å². The summed E-state index contributed by atoms with van der Waals surface area (Å²) in [5, 5.41) is 22.1. The van der Waals surface area contributed by atoms with Crippen LogP contribution in [0, 0.1) is 18.3 Å². The normalized spacial score (nSPS) is 11.7. The first-order valence-corrected chi connectivity index (χ1v) is 7.08. The Morgan fingerprint density at radius 2 is 1.95 bits per heavy atom. The van der Waals surface area contributed by atoms with E-state index < -0.39 is 6.10 Å². The van der Waals surface area contributed by atoms with Gasteiger partial charge in [-0.25, -0.2) is 0 Å². The standard InChI is InChI=1S/C16H15BrN2O/c1-11-3-2-4-14(16(11)17)19-10-15(20)13-7-5-12(9-18)6-8-13/h2-8,15,19-20H,10H2,1H3. The van der Waals surface area contributed by atoms with Gasteiger partial charge in [0.1, 0.15) is 0 Å². The summed E-state index contributed by atoms with van der Waals surface area (Å²) in [5.74, 6) is 0. The lowest BCUT2D eigenvalue weighted by Gasteiger charge is -2.15. The van der Waals surface area contributed by atoms with Crippen LogP contribution in [0.15, 0.2) is 46.9 Å². The first kappa shape index (κ1) is 14.6. The Kier molecular flexibility index (Phi) is 4.78. The second kappa shape index (κ2) is 6.56. The van der Waals surface area contributed by atoms with E-state index in [1.807, 2.05) is 25.1 Å². The van der Waals surface area contributed by atoms with Gasteiger partial charge >= 0.3 is 0 Å². The van der Waals surface area contributed by atoms with Crippen molar-refractivity contribution in [3.8, 4) is 6.07 Å². The molecule has 0 fully saturated rings. The Morgan fingerprint density at radius 3 is 2.60 bits per heavy atom. The first-order valence-electron chi connectivity index (χ1n) is 6.29. The molecule has 0 aliphatic rings. The summed E-state index contributed by atoms with van der Waals surface area (Å²) in [6.07, 6.45) is -0.616. The van der Waals surface area contributed by atoms with Gasteiger partial charge in [-0.3, -0.25) is 0 Å². The number of aryl methyl sites for hydroxylation is 1. The second-order valence-corrected chi connectivity index (χ2v) is 5.36. The van der Waals surface area contributed by atoms with Gasteiger partial charge in [-0.05, 0) is 52.2 Å². The Bertz CT molecular complexity index is 632. The van der Waals surface area contributed by atoms with E-state index in [0.717, 1.165) is 21.3 Å². The number of hydrogen-bond acceptors (Lipinski definition) is 3. The van der Waals surface area contributed by atoms with Crippen molar-refractivity contribution in [2.45, 2.75) is 13.0 Å². The summed E-state index contributed by atoms with van der Waals surface area (Å²) < 4.78 is 1.01. The maximum Gasteiger partial charge on any atom is 0.0991 e. The molecule has 1 unspecified atom stereocenters. The zero-order valence-electron chi connectivity index (χ0n) is 11.1. The number of hydrogen-bond donors (Lipinski definition) is 2. The van der Waals surface area contributed by atoms with E-state index in [9.17, 15) is 5.11 Å². The van der Waals surface area contributed by atoms with E-state index in [2.05, 4.69) is 27.3 Å². The molecule has 3 nitrogen and oxygen atoms in total. The molecule has 0 saturated heterocycles. The molecule has 0 spiro atoms. The number of anilines is 1. The molecule has 0 radical (unpaired) electrons. The summed E-state index contributed by atoms with van der Waals surface area (Å²) in [7, 11) is 0. The van der Waals surface area contributed by atoms with Crippen molar-refractivity contribution in [2.75, 3.05) is 11.9 Å². The molecule has 1 atom stereocenters. The van der Waals surface area contributed by atoms with Gasteiger partial charge in [0.05, 0.1) is 17.7 Å². The van der Waals surface area contributed by atoms with Crippen molar-refractivity contribution in [1.82, 2.24) is 0 Å². The van der Waals surface area contributed by atoms with Crippen LogP contribution in [0.2, 0.25) is 0 Å². The number of nitriles is 1. The molecule has 0 bridgehead atoms. The van der Waals surface area contributed by atoms with Gasteiger partial charge in [-0.1, -0.05) is 24.3 Å². The van der Waals surface area contributed by atoms with Gasteiger partial charge in [0.25, 0.3) is 0 Å². The van der Waals surface area contributed by atoms with E-state index in [-0.39, 0.29) is 0 Å². The Labute approximate surface area is 127 Å². The van der Waals surface area contributed by atoms with Crippen LogP contribution in [0.5, 0.6) is 0 Å². The summed E-state index contributed by atoms with van der Waals surface area (Å²) in [6.45, 7) is 2.43. The zero-order valence-corrected chi connectivity index (χ0v) is 12.7. The highest BCUT2D eigenvalue weighted by Crippen LogP contribution is 2.26. The Morgan fingerprint density at radius 1 is 1.25 bits per heavy atom. The van der Waals surface area contributed by atoms with Crippen molar-refractivity contribution in [3.05, 3.63) is 63.6 Å². The molecule has 0 saturated carbocycles. The molecule has 2 N–H and O–H groups in total.